The summed E-state index contributed by atoms with van der Waals surface area (Å²) in [6.07, 6.45) is 2.99. The van der Waals surface area contributed by atoms with Gasteiger partial charge in [0.25, 0.3) is 10.0 Å². The zero-order valence-corrected chi connectivity index (χ0v) is 12.4. The fraction of sp³-hybridized carbons (Fsp3) is 0.167. The number of aryl methyl sites for hydroxylation is 2. The van der Waals surface area contributed by atoms with E-state index < -0.39 is 16.0 Å². The summed E-state index contributed by atoms with van der Waals surface area (Å²) in [5, 5.41) is 10.6. The number of thiophene rings is 1. The highest BCUT2D eigenvalue weighted by molar-refractivity contribution is 7.93. The van der Waals surface area contributed by atoms with Crippen LogP contribution in [-0.4, -0.2) is 24.5 Å². The predicted molar refractivity (Wildman–Crippen MR) is 75.8 cm³/mol. The molecule has 0 aliphatic carbocycles. The van der Waals surface area contributed by atoms with Gasteiger partial charge >= 0.3 is 5.97 Å². The highest BCUT2D eigenvalue weighted by Gasteiger charge is 2.27. The molecule has 8 heteroatoms. The number of pyridine rings is 1. The molecule has 2 rings (SSSR count). The molecule has 0 aromatic carbocycles. The van der Waals surface area contributed by atoms with Crippen LogP contribution in [0.2, 0.25) is 0 Å². The lowest BCUT2D eigenvalue weighted by Crippen LogP contribution is -2.17. The Balaban J connectivity index is 2.49. The Bertz CT molecular complexity index is 766. The van der Waals surface area contributed by atoms with Crippen molar-refractivity contribution in [3.05, 3.63) is 39.8 Å². The number of sulfonamides is 1. The van der Waals surface area contributed by atoms with Gasteiger partial charge in [0.05, 0.1) is 5.69 Å². The molecule has 0 unspecified atom stereocenters. The number of aromatic nitrogens is 1. The average Bonchev–Trinajstić information content (AvgIpc) is 2.75. The minimum absolute atomic E-state index is 0.189. The Morgan fingerprint density at radius 3 is 2.65 bits per heavy atom. The van der Waals surface area contributed by atoms with E-state index in [0.29, 0.717) is 16.8 Å². The topological polar surface area (TPSA) is 96.4 Å². The highest BCUT2D eigenvalue weighted by atomic mass is 32.2. The van der Waals surface area contributed by atoms with Crippen molar-refractivity contribution in [1.82, 2.24) is 4.98 Å². The molecule has 0 saturated heterocycles. The lowest BCUT2D eigenvalue weighted by Gasteiger charge is -2.10. The molecule has 106 valence electrons. The van der Waals surface area contributed by atoms with Gasteiger partial charge in [-0.25, -0.2) is 13.2 Å². The van der Waals surface area contributed by atoms with E-state index in [0.717, 1.165) is 11.3 Å². The first-order chi connectivity index (χ1) is 9.33. The van der Waals surface area contributed by atoms with Gasteiger partial charge < -0.3 is 5.11 Å². The number of carboxylic acid groups (broad SMARTS) is 1. The SMILES string of the molecule is Cc1cnccc1NS(=O)(=O)c1c(C)csc1C(=O)O. The van der Waals surface area contributed by atoms with E-state index >= 15 is 0 Å². The molecule has 0 aliphatic rings. The van der Waals surface area contributed by atoms with Crippen molar-refractivity contribution in [3.63, 3.8) is 0 Å². The Labute approximate surface area is 120 Å². The van der Waals surface area contributed by atoms with Gasteiger partial charge in [-0.15, -0.1) is 11.3 Å². The van der Waals surface area contributed by atoms with E-state index in [1.165, 1.54) is 23.8 Å². The second-order valence-electron chi connectivity index (χ2n) is 4.18. The average molecular weight is 312 g/mol. The monoisotopic (exact) mass is 312 g/mol. The van der Waals surface area contributed by atoms with Crippen LogP contribution in [0.4, 0.5) is 5.69 Å². The number of nitrogens with one attached hydrogen (secondary N) is 1. The van der Waals surface area contributed by atoms with Crippen molar-refractivity contribution in [1.29, 1.82) is 0 Å². The Morgan fingerprint density at radius 1 is 1.35 bits per heavy atom. The maximum absolute atomic E-state index is 12.4. The second kappa shape index (κ2) is 5.22. The molecule has 2 heterocycles. The summed E-state index contributed by atoms with van der Waals surface area (Å²) in [7, 11) is -3.95. The first kappa shape index (κ1) is 14.5. The summed E-state index contributed by atoms with van der Waals surface area (Å²) < 4.78 is 27.1. The van der Waals surface area contributed by atoms with Crippen molar-refractivity contribution in [3.8, 4) is 0 Å². The van der Waals surface area contributed by atoms with E-state index in [-0.39, 0.29) is 9.77 Å². The van der Waals surface area contributed by atoms with Crippen LogP contribution in [0.1, 0.15) is 20.8 Å². The molecule has 20 heavy (non-hydrogen) atoms. The summed E-state index contributed by atoms with van der Waals surface area (Å²) in [5.41, 5.74) is 1.44. The Hall–Kier alpha value is -1.93. The number of aromatic carboxylic acids is 1. The first-order valence-electron chi connectivity index (χ1n) is 5.57. The van der Waals surface area contributed by atoms with E-state index in [4.69, 9.17) is 5.11 Å². The number of carbonyl (C=O) groups is 1. The second-order valence-corrected chi connectivity index (χ2v) is 6.68. The maximum atomic E-state index is 12.4. The van der Waals surface area contributed by atoms with Gasteiger partial charge in [0.15, 0.2) is 0 Å². The fourth-order valence-electron chi connectivity index (χ4n) is 1.70. The van der Waals surface area contributed by atoms with Crippen LogP contribution in [0.3, 0.4) is 0 Å². The molecule has 0 fully saturated rings. The van der Waals surface area contributed by atoms with Gasteiger partial charge in [0.1, 0.15) is 9.77 Å². The standard InChI is InChI=1S/C12H12N2O4S2/c1-7-5-13-4-3-9(7)14-20(17,18)11-8(2)6-19-10(11)12(15)16/h3-6H,1-2H3,(H,13,14)(H,15,16). The summed E-state index contributed by atoms with van der Waals surface area (Å²) in [4.78, 5) is 14.6. The minimum Gasteiger partial charge on any atom is -0.477 e. The molecule has 0 bridgehead atoms. The minimum atomic E-state index is -3.95. The molecule has 0 radical (unpaired) electrons. The van der Waals surface area contributed by atoms with Crippen LogP contribution >= 0.6 is 11.3 Å². The molecule has 0 saturated carbocycles. The third-order valence-corrected chi connectivity index (χ3v) is 5.41. The zero-order chi connectivity index (χ0) is 14.9. The van der Waals surface area contributed by atoms with Crippen LogP contribution in [-0.2, 0) is 10.0 Å². The van der Waals surface area contributed by atoms with Gasteiger partial charge in [0.2, 0.25) is 0 Å². The molecular weight excluding hydrogens is 300 g/mol. The molecular formula is C12H12N2O4S2. The smallest absolute Gasteiger partial charge is 0.347 e. The number of anilines is 1. The van der Waals surface area contributed by atoms with Crippen LogP contribution in [0.25, 0.3) is 0 Å². The van der Waals surface area contributed by atoms with E-state index in [1.54, 1.807) is 13.8 Å². The number of hydrogen-bond donors (Lipinski definition) is 2. The van der Waals surface area contributed by atoms with Crippen molar-refractivity contribution in [2.75, 3.05) is 4.72 Å². The van der Waals surface area contributed by atoms with Crippen LogP contribution in [0.5, 0.6) is 0 Å². The predicted octanol–water partition coefficient (Wildman–Crippen LogP) is 2.26. The quantitative estimate of drug-likeness (QED) is 0.902. The van der Waals surface area contributed by atoms with Crippen molar-refractivity contribution in [2.45, 2.75) is 18.7 Å². The Morgan fingerprint density at radius 2 is 2.05 bits per heavy atom. The zero-order valence-electron chi connectivity index (χ0n) is 10.7. The molecule has 0 spiro atoms. The van der Waals surface area contributed by atoms with Crippen LogP contribution in [0, 0.1) is 13.8 Å². The molecule has 0 amide bonds. The third-order valence-electron chi connectivity index (χ3n) is 2.65. The van der Waals surface area contributed by atoms with Gasteiger partial charge in [0, 0.05) is 12.4 Å². The van der Waals surface area contributed by atoms with E-state index in [9.17, 15) is 13.2 Å². The van der Waals surface area contributed by atoms with Crippen molar-refractivity contribution >= 4 is 33.0 Å². The summed E-state index contributed by atoms with van der Waals surface area (Å²) in [6.45, 7) is 3.28. The highest BCUT2D eigenvalue weighted by Crippen LogP contribution is 2.29. The van der Waals surface area contributed by atoms with E-state index in [2.05, 4.69) is 9.71 Å². The van der Waals surface area contributed by atoms with Crippen molar-refractivity contribution < 1.29 is 18.3 Å². The fourth-order valence-corrected chi connectivity index (χ4v) is 4.46. The van der Waals surface area contributed by atoms with Gasteiger partial charge in [-0.1, -0.05) is 0 Å². The maximum Gasteiger partial charge on any atom is 0.347 e. The number of hydrogen-bond acceptors (Lipinski definition) is 5. The number of nitrogens with zero attached hydrogens (tertiary/aromatic N) is 1. The van der Waals surface area contributed by atoms with Gasteiger partial charge in [-0.2, -0.15) is 0 Å². The summed E-state index contributed by atoms with van der Waals surface area (Å²) >= 11 is 0.895. The van der Waals surface area contributed by atoms with Gasteiger partial charge in [-0.3, -0.25) is 9.71 Å². The molecule has 2 N–H and O–H groups in total. The number of carboxylic acids is 1. The van der Waals surface area contributed by atoms with Crippen LogP contribution < -0.4 is 4.72 Å². The van der Waals surface area contributed by atoms with Crippen molar-refractivity contribution in [2.24, 2.45) is 0 Å². The number of rotatable bonds is 4. The molecule has 0 aliphatic heterocycles. The van der Waals surface area contributed by atoms with E-state index in [1.807, 2.05) is 0 Å². The Kier molecular flexibility index (Phi) is 3.78. The molecule has 2 aromatic rings. The molecule has 0 atom stereocenters. The molecule has 6 nitrogen and oxygen atoms in total. The lowest BCUT2D eigenvalue weighted by atomic mass is 10.3. The third kappa shape index (κ3) is 2.66. The summed E-state index contributed by atoms with van der Waals surface area (Å²) in [6, 6.07) is 1.52. The summed E-state index contributed by atoms with van der Waals surface area (Å²) in [5.74, 6) is -1.25. The first-order valence-corrected chi connectivity index (χ1v) is 7.94. The lowest BCUT2D eigenvalue weighted by molar-refractivity contribution is 0.0698. The largest absolute Gasteiger partial charge is 0.477 e. The normalized spacial score (nSPS) is 11.3. The van der Waals surface area contributed by atoms with Gasteiger partial charge in [-0.05, 0) is 36.4 Å². The van der Waals surface area contributed by atoms with Crippen LogP contribution in [0.15, 0.2) is 28.7 Å². The molecule has 2 aromatic heterocycles.